The molecule has 31 heavy (non-hydrogen) atoms. The standard InChI is InChI=1S/C25H24N2O4/c1-15-14-19(26-31-15)27-21(16-10-12-18(13-11-16)25(2,3)4)20(23(29)24(27)30)22(28)17-8-6-5-7-9-17/h5-14,21,28H,1-4H3/b22-20+. The van der Waals surface area contributed by atoms with E-state index >= 15 is 0 Å². The minimum Gasteiger partial charge on any atom is -0.507 e. The van der Waals surface area contributed by atoms with Gasteiger partial charge in [-0.05, 0) is 23.5 Å². The number of anilines is 1. The molecule has 1 aliphatic rings. The highest BCUT2D eigenvalue weighted by Crippen LogP contribution is 2.42. The number of aliphatic hydroxyl groups excluding tert-OH is 1. The van der Waals surface area contributed by atoms with E-state index in [-0.39, 0.29) is 22.6 Å². The van der Waals surface area contributed by atoms with Gasteiger partial charge in [0.2, 0.25) is 0 Å². The third-order valence-corrected chi connectivity index (χ3v) is 5.45. The predicted octanol–water partition coefficient (Wildman–Crippen LogP) is 4.91. The van der Waals surface area contributed by atoms with Crippen molar-refractivity contribution in [1.29, 1.82) is 0 Å². The molecule has 0 bridgehead atoms. The van der Waals surface area contributed by atoms with Crippen LogP contribution in [0.25, 0.3) is 5.76 Å². The molecule has 1 amide bonds. The van der Waals surface area contributed by atoms with Crippen molar-refractivity contribution in [2.75, 3.05) is 4.90 Å². The van der Waals surface area contributed by atoms with E-state index < -0.39 is 17.7 Å². The largest absolute Gasteiger partial charge is 0.507 e. The molecule has 2 heterocycles. The van der Waals surface area contributed by atoms with E-state index in [2.05, 4.69) is 25.9 Å². The molecule has 1 unspecified atom stereocenters. The fourth-order valence-electron chi connectivity index (χ4n) is 3.77. The summed E-state index contributed by atoms with van der Waals surface area (Å²) in [6.07, 6.45) is 0. The summed E-state index contributed by atoms with van der Waals surface area (Å²) in [7, 11) is 0. The minimum atomic E-state index is -0.821. The van der Waals surface area contributed by atoms with Crippen LogP contribution in [-0.2, 0) is 15.0 Å². The van der Waals surface area contributed by atoms with Crippen molar-refractivity contribution in [3.05, 3.63) is 88.7 Å². The lowest BCUT2D eigenvalue weighted by molar-refractivity contribution is -0.132. The Morgan fingerprint density at radius 1 is 1.03 bits per heavy atom. The molecule has 1 aliphatic heterocycles. The maximum absolute atomic E-state index is 13.1. The number of aliphatic hydroxyl groups is 1. The Morgan fingerprint density at radius 2 is 1.68 bits per heavy atom. The van der Waals surface area contributed by atoms with E-state index in [9.17, 15) is 14.7 Å². The number of rotatable bonds is 3. The van der Waals surface area contributed by atoms with Gasteiger partial charge in [0.1, 0.15) is 11.5 Å². The Labute approximate surface area is 180 Å². The number of carbonyl (C=O) groups excluding carboxylic acids is 2. The molecule has 1 fully saturated rings. The first-order valence-corrected chi connectivity index (χ1v) is 10.1. The summed E-state index contributed by atoms with van der Waals surface area (Å²) >= 11 is 0. The SMILES string of the molecule is Cc1cc(N2C(=O)C(=O)/C(=C(/O)c3ccccc3)C2c2ccc(C(C)(C)C)cc2)no1. The molecule has 1 atom stereocenters. The molecule has 0 aliphatic carbocycles. The van der Waals surface area contributed by atoms with Gasteiger partial charge >= 0.3 is 5.91 Å². The maximum Gasteiger partial charge on any atom is 0.301 e. The number of amides is 1. The van der Waals surface area contributed by atoms with Crippen molar-refractivity contribution in [2.45, 2.75) is 39.2 Å². The van der Waals surface area contributed by atoms with E-state index in [1.54, 1.807) is 37.3 Å². The van der Waals surface area contributed by atoms with Crippen LogP contribution in [0.15, 0.2) is 70.8 Å². The van der Waals surface area contributed by atoms with Gasteiger partial charge in [-0.1, -0.05) is 80.5 Å². The number of nitrogens with zero attached hydrogens (tertiary/aromatic N) is 2. The van der Waals surface area contributed by atoms with Gasteiger partial charge in [-0.3, -0.25) is 14.5 Å². The lowest BCUT2D eigenvalue weighted by atomic mass is 9.85. The Balaban J connectivity index is 1.91. The lowest BCUT2D eigenvalue weighted by Gasteiger charge is -2.24. The quantitative estimate of drug-likeness (QED) is 0.373. The first-order chi connectivity index (χ1) is 14.7. The minimum absolute atomic E-state index is 0.0281. The Hall–Kier alpha value is -3.67. The molecule has 0 spiro atoms. The van der Waals surface area contributed by atoms with Crippen molar-refractivity contribution in [2.24, 2.45) is 0 Å². The number of Topliss-reactive ketones (excluding diaryl/α,β-unsaturated/α-hetero) is 1. The number of hydrogen-bond acceptors (Lipinski definition) is 5. The van der Waals surface area contributed by atoms with Crippen LogP contribution in [0.4, 0.5) is 5.82 Å². The molecule has 0 radical (unpaired) electrons. The van der Waals surface area contributed by atoms with Gasteiger partial charge < -0.3 is 9.63 Å². The van der Waals surface area contributed by atoms with E-state index in [0.717, 1.165) is 5.56 Å². The van der Waals surface area contributed by atoms with E-state index in [1.807, 2.05) is 30.3 Å². The fraction of sp³-hybridized carbons (Fsp3) is 0.240. The Kier molecular flexibility index (Phi) is 5.01. The van der Waals surface area contributed by atoms with E-state index in [0.29, 0.717) is 16.9 Å². The highest BCUT2D eigenvalue weighted by atomic mass is 16.5. The summed E-state index contributed by atoms with van der Waals surface area (Å²) < 4.78 is 5.16. The predicted molar refractivity (Wildman–Crippen MR) is 118 cm³/mol. The molecule has 1 aromatic heterocycles. The number of carbonyl (C=O) groups is 2. The van der Waals surface area contributed by atoms with Crippen LogP contribution in [0.5, 0.6) is 0 Å². The molecule has 158 valence electrons. The molecule has 6 nitrogen and oxygen atoms in total. The maximum atomic E-state index is 13.1. The highest BCUT2D eigenvalue weighted by molar-refractivity contribution is 6.51. The first-order valence-electron chi connectivity index (χ1n) is 10.1. The van der Waals surface area contributed by atoms with Crippen LogP contribution in [0, 0.1) is 6.92 Å². The summed E-state index contributed by atoms with van der Waals surface area (Å²) in [6.45, 7) is 8.05. The third-order valence-electron chi connectivity index (χ3n) is 5.45. The third kappa shape index (κ3) is 3.65. The van der Waals surface area contributed by atoms with Gasteiger partial charge in [0.25, 0.3) is 5.78 Å². The summed E-state index contributed by atoms with van der Waals surface area (Å²) in [5, 5.41) is 15.0. The van der Waals surface area contributed by atoms with Crippen LogP contribution >= 0.6 is 0 Å². The van der Waals surface area contributed by atoms with Crippen molar-refractivity contribution >= 4 is 23.3 Å². The van der Waals surface area contributed by atoms with Gasteiger partial charge in [-0.15, -0.1) is 0 Å². The average Bonchev–Trinajstić information content (AvgIpc) is 3.28. The van der Waals surface area contributed by atoms with Crippen molar-refractivity contribution in [3.63, 3.8) is 0 Å². The summed E-state index contributed by atoms with van der Waals surface area (Å²) in [4.78, 5) is 27.4. The molecule has 4 rings (SSSR count). The molecule has 1 N–H and O–H groups in total. The summed E-state index contributed by atoms with van der Waals surface area (Å²) in [5.74, 6) is -0.979. The number of benzene rings is 2. The smallest absolute Gasteiger partial charge is 0.301 e. The van der Waals surface area contributed by atoms with Crippen LogP contribution < -0.4 is 4.90 Å². The monoisotopic (exact) mass is 416 g/mol. The average molecular weight is 416 g/mol. The van der Waals surface area contributed by atoms with Crippen LogP contribution in [0.2, 0.25) is 0 Å². The number of aryl methyl sites for hydroxylation is 1. The normalized spacial score (nSPS) is 18.6. The number of aromatic nitrogens is 1. The van der Waals surface area contributed by atoms with Crippen molar-refractivity contribution in [1.82, 2.24) is 5.16 Å². The summed E-state index contributed by atoms with van der Waals surface area (Å²) in [5.41, 5.74) is 2.26. The van der Waals surface area contributed by atoms with E-state index in [4.69, 9.17) is 4.52 Å². The molecule has 6 heteroatoms. The number of ketones is 1. The molecule has 1 saturated heterocycles. The topological polar surface area (TPSA) is 83.6 Å². The number of hydrogen-bond donors (Lipinski definition) is 1. The second-order valence-corrected chi connectivity index (χ2v) is 8.70. The van der Waals surface area contributed by atoms with E-state index in [1.165, 1.54) is 4.90 Å². The van der Waals surface area contributed by atoms with Crippen LogP contribution in [0.1, 0.15) is 49.3 Å². The molecular weight excluding hydrogens is 392 g/mol. The van der Waals surface area contributed by atoms with Crippen LogP contribution in [-0.4, -0.2) is 22.0 Å². The zero-order valence-corrected chi connectivity index (χ0v) is 17.9. The second-order valence-electron chi connectivity index (χ2n) is 8.70. The molecule has 2 aromatic carbocycles. The molecule has 0 saturated carbocycles. The lowest BCUT2D eigenvalue weighted by Crippen LogP contribution is -2.29. The van der Waals surface area contributed by atoms with Gasteiger partial charge in [0, 0.05) is 11.6 Å². The van der Waals surface area contributed by atoms with Crippen molar-refractivity contribution < 1.29 is 19.2 Å². The highest BCUT2D eigenvalue weighted by Gasteiger charge is 2.48. The van der Waals surface area contributed by atoms with Gasteiger partial charge in [-0.2, -0.15) is 0 Å². The zero-order valence-electron chi connectivity index (χ0n) is 17.9. The fourth-order valence-corrected chi connectivity index (χ4v) is 3.77. The first kappa shape index (κ1) is 20.6. The van der Waals surface area contributed by atoms with Crippen molar-refractivity contribution in [3.8, 4) is 0 Å². The van der Waals surface area contributed by atoms with Gasteiger partial charge in [0.15, 0.2) is 5.82 Å². The Bertz CT molecular complexity index is 1170. The van der Waals surface area contributed by atoms with Gasteiger partial charge in [0.05, 0.1) is 11.6 Å². The van der Waals surface area contributed by atoms with Gasteiger partial charge in [-0.25, -0.2) is 0 Å². The zero-order chi connectivity index (χ0) is 22.3. The Morgan fingerprint density at radius 3 is 2.23 bits per heavy atom. The molecule has 3 aromatic rings. The summed E-state index contributed by atoms with van der Waals surface area (Å²) in [6, 6.07) is 17.2. The second kappa shape index (κ2) is 7.54. The molecular formula is C25H24N2O4. The van der Waals surface area contributed by atoms with Crippen LogP contribution in [0.3, 0.4) is 0 Å².